The number of hydrogen-bond acceptors (Lipinski definition) is 9. The Bertz CT molecular complexity index is 1460. The highest BCUT2D eigenvalue weighted by Crippen LogP contribution is 2.47. The topological polar surface area (TPSA) is 109 Å². The molecular formula is C30H33FN8O2. The van der Waals surface area contributed by atoms with Crippen LogP contribution in [0.5, 0.6) is 11.6 Å². The van der Waals surface area contributed by atoms with Gasteiger partial charge in [-0.25, -0.2) is 19.3 Å². The summed E-state index contributed by atoms with van der Waals surface area (Å²) in [4.78, 5) is 30.5. The van der Waals surface area contributed by atoms with Crippen LogP contribution in [0.3, 0.4) is 0 Å². The Balaban J connectivity index is 1.05. The van der Waals surface area contributed by atoms with E-state index in [1.54, 1.807) is 12.3 Å². The van der Waals surface area contributed by atoms with Crippen LogP contribution in [0, 0.1) is 17.2 Å². The molecule has 212 valence electrons. The number of carbonyl (C=O) groups excluding carboxylic acids is 1. The maximum absolute atomic E-state index is 14.4. The molecule has 4 aliphatic rings. The summed E-state index contributed by atoms with van der Waals surface area (Å²) in [5.74, 6) is 1.72. The van der Waals surface area contributed by atoms with Gasteiger partial charge in [0, 0.05) is 60.8 Å². The SMILES string of the molecule is C=C[C@H]1CCN[C@@H]1C(=O)N1CCC2(CC1)CN(c1ncnnc1Oc1ccc(F)cc1-c1cncnc1C1CC1)C2. The van der Waals surface area contributed by atoms with Gasteiger partial charge in [0.25, 0.3) is 5.88 Å². The van der Waals surface area contributed by atoms with E-state index in [2.05, 4.69) is 41.9 Å². The number of amides is 1. The number of nitrogens with zero attached hydrogens (tertiary/aromatic N) is 7. The highest BCUT2D eigenvalue weighted by Gasteiger charge is 2.48. The average Bonchev–Trinajstić information content (AvgIpc) is 3.73. The van der Waals surface area contributed by atoms with Crippen molar-refractivity contribution in [3.63, 3.8) is 0 Å². The Morgan fingerprint density at radius 1 is 1.12 bits per heavy atom. The molecule has 1 saturated carbocycles. The zero-order valence-corrected chi connectivity index (χ0v) is 22.9. The van der Waals surface area contributed by atoms with Crippen LogP contribution in [0.2, 0.25) is 0 Å². The summed E-state index contributed by atoms with van der Waals surface area (Å²) in [6.07, 6.45) is 11.5. The van der Waals surface area contributed by atoms with Crippen molar-refractivity contribution in [1.29, 1.82) is 0 Å². The van der Waals surface area contributed by atoms with Gasteiger partial charge in [-0.05, 0) is 56.8 Å². The smallest absolute Gasteiger partial charge is 0.282 e. The first-order chi connectivity index (χ1) is 20.0. The zero-order chi connectivity index (χ0) is 28.0. The van der Waals surface area contributed by atoms with E-state index < -0.39 is 0 Å². The molecular weight excluding hydrogens is 523 g/mol. The number of aromatic nitrogens is 5. The van der Waals surface area contributed by atoms with Gasteiger partial charge < -0.3 is 19.9 Å². The third-order valence-electron chi connectivity index (χ3n) is 9.04. The lowest BCUT2D eigenvalue weighted by Crippen LogP contribution is -2.62. The summed E-state index contributed by atoms with van der Waals surface area (Å²) in [6.45, 7) is 7.87. The molecule has 0 radical (unpaired) electrons. The van der Waals surface area contributed by atoms with Gasteiger partial charge in [0.1, 0.15) is 24.2 Å². The number of anilines is 1. The largest absolute Gasteiger partial charge is 0.434 e. The predicted molar refractivity (Wildman–Crippen MR) is 150 cm³/mol. The van der Waals surface area contributed by atoms with Crippen LogP contribution < -0.4 is 15.0 Å². The fourth-order valence-electron chi connectivity index (χ4n) is 6.55. The minimum atomic E-state index is -0.367. The van der Waals surface area contributed by atoms with E-state index in [1.807, 2.05) is 11.0 Å². The molecule has 0 bridgehead atoms. The summed E-state index contributed by atoms with van der Waals surface area (Å²) >= 11 is 0. The third-order valence-corrected chi connectivity index (χ3v) is 9.04. The van der Waals surface area contributed by atoms with Crippen LogP contribution in [-0.2, 0) is 4.79 Å². The first-order valence-corrected chi connectivity index (χ1v) is 14.4. The average molecular weight is 557 g/mol. The fourth-order valence-corrected chi connectivity index (χ4v) is 6.55. The molecule has 1 aliphatic carbocycles. The monoisotopic (exact) mass is 556 g/mol. The molecule has 3 aromatic rings. The van der Waals surface area contributed by atoms with Crippen LogP contribution in [0.4, 0.5) is 10.2 Å². The van der Waals surface area contributed by atoms with Crippen molar-refractivity contribution in [3.8, 4) is 22.8 Å². The number of rotatable bonds is 7. The van der Waals surface area contributed by atoms with Gasteiger partial charge in [-0.15, -0.1) is 16.8 Å². The number of ether oxygens (including phenoxy) is 1. The summed E-state index contributed by atoms with van der Waals surface area (Å²) in [6, 6.07) is 4.28. The van der Waals surface area contributed by atoms with E-state index in [4.69, 9.17) is 4.74 Å². The Kier molecular flexibility index (Phi) is 6.61. The second-order valence-corrected chi connectivity index (χ2v) is 11.7. The van der Waals surface area contributed by atoms with Gasteiger partial charge in [-0.2, -0.15) is 0 Å². The summed E-state index contributed by atoms with van der Waals surface area (Å²) in [5, 5.41) is 11.6. The lowest BCUT2D eigenvalue weighted by atomic mass is 9.72. The van der Waals surface area contributed by atoms with Crippen molar-refractivity contribution < 1.29 is 13.9 Å². The highest BCUT2D eigenvalue weighted by molar-refractivity contribution is 5.83. The number of piperidine rings is 1. The summed E-state index contributed by atoms with van der Waals surface area (Å²) in [7, 11) is 0. The van der Waals surface area contributed by atoms with Gasteiger partial charge in [0.2, 0.25) is 5.91 Å². The lowest BCUT2D eigenvalue weighted by molar-refractivity contribution is -0.136. The Morgan fingerprint density at radius 2 is 1.95 bits per heavy atom. The van der Waals surface area contributed by atoms with Crippen molar-refractivity contribution >= 4 is 11.7 Å². The maximum atomic E-state index is 14.4. The quantitative estimate of drug-likeness (QED) is 0.436. The van der Waals surface area contributed by atoms with Crippen molar-refractivity contribution in [3.05, 3.63) is 61.2 Å². The molecule has 2 aromatic heterocycles. The molecule has 2 atom stereocenters. The number of carbonyl (C=O) groups is 1. The lowest BCUT2D eigenvalue weighted by Gasteiger charge is -2.54. The van der Waals surface area contributed by atoms with E-state index in [9.17, 15) is 9.18 Å². The molecule has 41 heavy (non-hydrogen) atoms. The maximum Gasteiger partial charge on any atom is 0.282 e. The van der Waals surface area contributed by atoms with Crippen LogP contribution in [0.25, 0.3) is 11.1 Å². The number of halogens is 1. The molecule has 7 rings (SSSR count). The van der Waals surface area contributed by atoms with Gasteiger partial charge in [0.15, 0.2) is 5.82 Å². The molecule has 0 unspecified atom stereocenters. The van der Waals surface area contributed by atoms with Crippen LogP contribution >= 0.6 is 0 Å². The van der Waals surface area contributed by atoms with E-state index in [-0.39, 0.29) is 35.0 Å². The van der Waals surface area contributed by atoms with Crippen molar-refractivity contribution in [2.75, 3.05) is 37.6 Å². The number of benzene rings is 1. The highest BCUT2D eigenvalue weighted by atomic mass is 19.1. The summed E-state index contributed by atoms with van der Waals surface area (Å²) < 4.78 is 20.7. The number of hydrogen-bond donors (Lipinski definition) is 1. The van der Waals surface area contributed by atoms with Gasteiger partial charge in [0.05, 0.1) is 11.7 Å². The first kappa shape index (κ1) is 25.9. The van der Waals surface area contributed by atoms with Crippen LogP contribution in [0.15, 0.2) is 49.7 Å². The second kappa shape index (κ2) is 10.4. The minimum Gasteiger partial charge on any atom is -0.434 e. The van der Waals surface area contributed by atoms with Crippen LogP contribution in [-0.4, -0.2) is 74.7 Å². The van der Waals surface area contributed by atoms with E-state index in [1.165, 1.54) is 24.8 Å². The minimum absolute atomic E-state index is 0.127. The summed E-state index contributed by atoms with van der Waals surface area (Å²) in [5.41, 5.74) is 2.38. The van der Waals surface area contributed by atoms with E-state index >= 15 is 0 Å². The Morgan fingerprint density at radius 3 is 2.73 bits per heavy atom. The number of nitrogens with one attached hydrogen (secondary N) is 1. The standard InChI is InChI=1S/C30H33FN8O2/c1-2-19-7-10-33-26(19)29(40)38-11-8-30(9-12-38)15-39(16-30)27-28(37-36-18-35-27)41-24-6-5-21(31)13-22(24)23-14-32-17-34-25(23)20-3-4-20/h2,5-6,13-14,17-20,26,33H,1,3-4,7-12,15-16H2/t19-,26-/m0/s1. The molecule has 5 heterocycles. The zero-order valence-electron chi connectivity index (χ0n) is 22.9. The van der Waals surface area contributed by atoms with Gasteiger partial charge in [-0.1, -0.05) is 6.08 Å². The molecule has 3 aliphatic heterocycles. The third kappa shape index (κ3) is 4.92. The number of likely N-dealkylation sites (tertiary alicyclic amines) is 1. The molecule has 3 saturated heterocycles. The van der Waals surface area contributed by atoms with E-state index in [0.717, 1.165) is 76.1 Å². The van der Waals surface area contributed by atoms with Gasteiger partial charge in [-0.3, -0.25) is 4.79 Å². The normalized spacial score (nSPS) is 23.3. The van der Waals surface area contributed by atoms with E-state index in [0.29, 0.717) is 23.0 Å². The Labute approximate surface area is 238 Å². The molecule has 4 fully saturated rings. The van der Waals surface area contributed by atoms with Crippen molar-refractivity contribution in [2.24, 2.45) is 11.3 Å². The molecule has 11 heteroatoms. The Hall–Kier alpha value is -3.99. The molecule has 1 spiro atoms. The van der Waals surface area contributed by atoms with Crippen LogP contribution in [0.1, 0.15) is 43.7 Å². The molecule has 1 N–H and O–H groups in total. The first-order valence-electron chi connectivity index (χ1n) is 14.4. The molecule has 1 aromatic carbocycles. The van der Waals surface area contributed by atoms with Gasteiger partial charge >= 0.3 is 0 Å². The van der Waals surface area contributed by atoms with Crippen molar-refractivity contribution in [1.82, 2.24) is 35.4 Å². The second-order valence-electron chi connectivity index (χ2n) is 11.7. The fraction of sp³-hybridized carbons (Fsp3) is 0.467. The van der Waals surface area contributed by atoms with Crippen molar-refractivity contribution in [2.45, 2.75) is 44.1 Å². The molecule has 1 amide bonds. The molecule has 10 nitrogen and oxygen atoms in total. The predicted octanol–water partition coefficient (Wildman–Crippen LogP) is 3.73.